The molecule has 23 heavy (non-hydrogen) atoms. The van der Waals surface area contributed by atoms with E-state index in [9.17, 15) is 19.8 Å². The predicted octanol–water partition coefficient (Wildman–Crippen LogP) is -0.340. The van der Waals surface area contributed by atoms with Gasteiger partial charge in [0.15, 0.2) is 11.5 Å². The summed E-state index contributed by atoms with van der Waals surface area (Å²) in [5, 5.41) is 22.2. The first-order valence-corrected chi connectivity index (χ1v) is 6.90. The van der Waals surface area contributed by atoms with E-state index < -0.39 is 30.1 Å². The Morgan fingerprint density at radius 2 is 1.91 bits per heavy atom. The molecule has 1 fully saturated rings. The van der Waals surface area contributed by atoms with Gasteiger partial charge in [0.05, 0.1) is 16.7 Å². The van der Waals surface area contributed by atoms with E-state index in [1.54, 1.807) is 24.3 Å². The molecule has 1 saturated heterocycles. The summed E-state index contributed by atoms with van der Waals surface area (Å²) < 4.78 is 5.02. The topological polar surface area (TPSA) is 125 Å². The summed E-state index contributed by atoms with van der Waals surface area (Å²) >= 11 is 0. The summed E-state index contributed by atoms with van der Waals surface area (Å²) in [5.41, 5.74) is 0.620. The van der Waals surface area contributed by atoms with Gasteiger partial charge >= 0.3 is 0 Å². The molecule has 116 valence electrons. The number of aromatic nitrogens is 2. The quantitative estimate of drug-likeness (QED) is 0.648. The van der Waals surface area contributed by atoms with E-state index in [1.165, 1.54) is 0 Å². The van der Waals surface area contributed by atoms with E-state index in [-0.39, 0.29) is 17.2 Å². The van der Waals surface area contributed by atoms with E-state index in [1.807, 2.05) is 0 Å². The SMILES string of the molecule is O=C(NC1=CC(=O)C2OC2C1O)c1nc2ccccc2nc1O. The van der Waals surface area contributed by atoms with Crippen molar-refractivity contribution in [1.29, 1.82) is 0 Å². The molecule has 4 rings (SSSR count). The molecular formula is C15H11N3O5. The second-order valence-electron chi connectivity index (χ2n) is 5.31. The highest BCUT2D eigenvalue weighted by Gasteiger charge is 2.53. The number of epoxide rings is 1. The van der Waals surface area contributed by atoms with Crippen LogP contribution in [-0.2, 0) is 9.53 Å². The lowest BCUT2D eigenvalue weighted by atomic mass is 10.0. The zero-order valence-corrected chi connectivity index (χ0v) is 11.6. The van der Waals surface area contributed by atoms with E-state index in [2.05, 4.69) is 15.3 Å². The Labute approximate surface area is 129 Å². The summed E-state index contributed by atoms with van der Waals surface area (Å²) in [7, 11) is 0. The molecule has 8 heteroatoms. The highest BCUT2D eigenvalue weighted by molar-refractivity contribution is 6.01. The van der Waals surface area contributed by atoms with E-state index >= 15 is 0 Å². The number of hydrogen-bond donors (Lipinski definition) is 3. The maximum atomic E-state index is 12.3. The summed E-state index contributed by atoms with van der Waals surface area (Å²) in [4.78, 5) is 31.9. The zero-order chi connectivity index (χ0) is 16.1. The third kappa shape index (κ3) is 2.24. The van der Waals surface area contributed by atoms with Crippen molar-refractivity contribution in [2.75, 3.05) is 0 Å². The minimum Gasteiger partial charge on any atom is -0.492 e. The molecule has 0 saturated carbocycles. The Hall–Kier alpha value is -2.84. The van der Waals surface area contributed by atoms with Crippen LogP contribution in [0.4, 0.5) is 0 Å². The molecule has 1 aliphatic heterocycles. The number of aliphatic hydroxyl groups is 1. The van der Waals surface area contributed by atoms with Crippen LogP contribution >= 0.6 is 0 Å². The zero-order valence-electron chi connectivity index (χ0n) is 11.6. The molecule has 0 spiro atoms. The van der Waals surface area contributed by atoms with Gasteiger partial charge in [0, 0.05) is 6.08 Å². The van der Waals surface area contributed by atoms with Crippen molar-refractivity contribution in [1.82, 2.24) is 15.3 Å². The molecule has 3 atom stereocenters. The largest absolute Gasteiger partial charge is 0.492 e. The van der Waals surface area contributed by atoms with E-state index in [0.717, 1.165) is 6.08 Å². The lowest BCUT2D eigenvalue weighted by Crippen LogP contribution is -2.38. The lowest BCUT2D eigenvalue weighted by molar-refractivity contribution is -0.116. The molecule has 0 radical (unpaired) electrons. The summed E-state index contributed by atoms with van der Waals surface area (Å²) in [6, 6.07) is 6.77. The number of amides is 1. The fourth-order valence-corrected chi connectivity index (χ4v) is 2.53. The number of carbonyl (C=O) groups is 2. The van der Waals surface area contributed by atoms with Gasteiger partial charge in [-0.15, -0.1) is 0 Å². The van der Waals surface area contributed by atoms with Crippen LogP contribution in [0.5, 0.6) is 5.88 Å². The number of para-hydroxylation sites is 2. The standard InChI is InChI=1S/C15H11N3O5/c19-9-5-8(11(20)13-12(9)23-13)18-15(22)10-14(21)17-7-4-2-1-3-6(7)16-10/h1-5,11-13,20H,(H,17,21)(H,18,22). The van der Waals surface area contributed by atoms with Crippen molar-refractivity contribution in [3.63, 3.8) is 0 Å². The number of carbonyl (C=O) groups excluding carboxylic acids is 2. The van der Waals surface area contributed by atoms with Gasteiger partial charge in [-0.2, -0.15) is 0 Å². The van der Waals surface area contributed by atoms with Gasteiger partial charge in [-0.1, -0.05) is 12.1 Å². The number of nitrogens with zero attached hydrogens (tertiary/aromatic N) is 2. The summed E-state index contributed by atoms with van der Waals surface area (Å²) in [5.74, 6) is -1.61. The number of nitrogens with one attached hydrogen (secondary N) is 1. The Morgan fingerprint density at radius 3 is 2.65 bits per heavy atom. The summed E-state index contributed by atoms with van der Waals surface area (Å²) in [6.45, 7) is 0. The highest BCUT2D eigenvalue weighted by Crippen LogP contribution is 2.33. The second-order valence-corrected chi connectivity index (χ2v) is 5.31. The Morgan fingerprint density at radius 1 is 1.22 bits per heavy atom. The first-order valence-electron chi connectivity index (χ1n) is 6.90. The normalized spacial score (nSPS) is 25.7. The van der Waals surface area contributed by atoms with Gasteiger partial charge < -0.3 is 20.3 Å². The fraction of sp³-hybridized carbons (Fsp3) is 0.200. The number of hydrogen-bond acceptors (Lipinski definition) is 7. The molecule has 1 aromatic carbocycles. The molecule has 2 aromatic rings. The Kier molecular flexibility index (Phi) is 2.90. The molecule has 0 bridgehead atoms. The van der Waals surface area contributed by atoms with Crippen LogP contribution in [0.15, 0.2) is 36.0 Å². The van der Waals surface area contributed by atoms with Crippen LogP contribution < -0.4 is 5.32 Å². The molecule has 1 amide bonds. The van der Waals surface area contributed by atoms with E-state index in [4.69, 9.17) is 4.74 Å². The van der Waals surface area contributed by atoms with Crippen molar-refractivity contribution in [2.45, 2.75) is 18.3 Å². The summed E-state index contributed by atoms with van der Waals surface area (Å²) in [6.07, 6.45) is -1.22. The molecule has 3 N–H and O–H groups in total. The Bertz CT molecular complexity index is 879. The Balaban J connectivity index is 1.64. The second kappa shape index (κ2) is 4.83. The maximum Gasteiger partial charge on any atom is 0.279 e. The molecule has 8 nitrogen and oxygen atoms in total. The van der Waals surface area contributed by atoms with Gasteiger partial charge in [0.1, 0.15) is 18.3 Å². The number of aliphatic hydroxyl groups excluding tert-OH is 1. The molecule has 1 aromatic heterocycles. The lowest BCUT2D eigenvalue weighted by Gasteiger charge is -2.16. The molecule has 1 aliphatic carbocycles. The minimum absolute atomic E-state index is 0.0214. The van der Waals surface area contributed by atoms with Crippen LogP contribution in [0.25, 0.3) is 11.0 Å². The third-order valence-electron chi connectivity index (χ3n) is 3.76. The van der Waals surface area contributed by atoms with Crippen molar-refractivity contribution in [3.8, 4) is 5.88 Å². The van der Waals surface area contributed by atoms with Gasteiger partial charge in [0.2, 0.25) is 5.88 Å². The van der Waals surface area contributed by atoms with Gasteiger partial charge in [-0.25, -0.2) is 9.97 Å². The predicted molar refractivity (Wildman–Crippen MR) is 76.4 cm³/mol. The number of ketones is 1. The van der Waals surface area contributed by atoms with Crippen molar-refractivity contribution in [3.05, 3.63) is 41.7 Å². The smallest absolute Gasteiger partial charge is 0.279 e. The minimum atomic E-state index is -1.10. The van der Waals surface area contributed by atoms with Crippen LogP contribution in [-0.4, -0.2) is 50.2 Å². The molecule has 3 unspecified atom stereocenters. The van der Waals surface area contributed by atoms with E-state index in [0.29, 0.717) is 11.0 Å². The number of rotatable bonds is 2. The number of fused-ring (bicyclic) bond motifs is 2. The number of benzene rings is 1. The van der Waals surface area contributed by atoms with Crippen LogP contribution in [0.1, 0.15) is 10.5 Å². The average molecular weight is 313 g/mol. The van der Waals surface area contributed by atoms with Gasteiger partial charge in [-0.3, -0.25) is 9.59 Å². The fourth-order valence-electron chi connectivity index (χ4n) is 2.53. The van der Waals surface area contributed by atoms with Gasteiger partial charge in [0.25, 0.3) is 5.91 Å². The number of aromatic hydroxyl groups is 1. The maximum absolute atomic E-state index is 12.3. The van der Waals surface area contributed by atoms with Gasteiger partial charge in [-0.05, 0) is 12.1 Å². The third-order valence-corrected chi connectivity index (χ3v) is 3.76. The number of ether oxygens (including phenoxy) is 1. The van der Waals surface area contributed by atoms with Crippen LogP contribution in [0.2, 0.25) is 0 Å². The van der Waals surface area contributed by atoms with Crippen molar-refractivity contribution < 1.29 is 24.5 Å². The first kappa shape index (κ1) is 13.8. The monoisotopic (exact) mass is 313 g/mol. The van der Waals surface area contributed by atoms with Crippen LogP contribution in [0.3, 0.4) is 0 Å². The molecule has 2 aliphatic rings. The van der Waals surface area contributed by atoms with Crippen LogP contribution in [0, 0.1) is 0 Å². The molecule has 2 heterocycles. The highest BCUT2D eigenvalue weighted by atomic mass is 16.6. The first-order chi connectivity index (χ1) is 11.0. The van der Waals surface area contributed by atoms with Crippen molar-refractivity contribution in [2.24, 2.45) is 0 Å². The molecular weight excluding hydrogens is 302 g/mol. The van der Waals surface area contributed by atoms with Crippen molar-refractivity contribution >= 4 is 22.7 Å². The average Bonchev–Trinajstić information content (AvgIpc) is 3.33.